The summed E-state index contributed by atoms with van der Waals surface area (Å²) in [6.07, 6.45) is -1.89. The highest BCUT2D eigenvalue weighted by Crippen LogP contribution is 2.42. The highest BCUT2D eigenvalue weighted by Gasteiger charge is 2.60. The SMILES string of the molecule is C=C1CCC=C(C(=O)OC)C(OCC(C)CC)C(OC(=O)C2(C)OC2C)C2C(=C)C(=O)OC2C1O. The summed E-state index contributed by atoms with van der Waals surface area (Å²) in [7, 11) is 1.25. The molecule has 1 N–H and O–H groups in total. The van der Waals surface area contributed by atoms with E-state index in [1.54, 1.807) is 19.9 Å². The number of esters is 3. The van der Waals surface area contributed by atoms with Gasteiger partial charge in [-0.2, -0.15) is 0 Å². The molecule has 2 saturated heterocycles. The normalized spacial score (nSPS) is 35.9. The van der Waals surface area contributed by atoms with Crippen LogP contribution in [0, 0.1) is 11.8 Å². The molecule has 8 unspecified atom stereocenters. The van der Waals surface area contributed by atoms with Gasteiger partial charge < -0.3 is 28.8 Å². The average molecular weight is 493 g/mol. The van der Waals surface area contributed by atoms with Crippen molar-refractivity contribution in [3.8, 4) is 0 Å². The zero-order valence-electron chi connectivity index (χ0n) is 21.1. The Morgan fingerprint density at radius 1 is 1.34 bits per heavy atom. The molecule has 0 aromatic carbocycles. The summed E-state index contributed by atoms with van der Waals surface area (Å²) in [6, 6.07) is 0. The first kappa shape index (κ1) is 27.1. The molecule has 35 heavy (non-hydrogen) atoms. The van der Waals surface area contributed by atoms with Gasteiger partial charge in [0.15, 0.2) is 5.60 Å². The Bertz CT molecular complexity index is 922. The summed E-state index contributed by atoms with van der Waals surface area (Å²) in [6.45, 7) is 15.4. The number of carbonyl (C=O) groups is 3. The summed E-state index contributed by atoms with van der Waals surface area (Å²) in [5.74, 6) is -2.91. The van der Waals surface area contributed by atoms with Crippen molar-refractivity contribution in [1.82, 2.24) is 0 Å². The van der Waals surface area contributed by atoms with Gasteiger partial charge in [-0.1, -0.05) is 39.5 Å². The van der Waals surface area contributed by atoms with Crippen molar-refractivity contribution in [1.29, 1.82) is 0 Å². The van der Waals surface area contributed by atoms with E-state index >= 15 is 0 Å². The highest BCUT2D eigenvalue weighted by molar-refractivity contribution is 5.92. The summed E-state index contributed by atoms with van der Waals surface area (Å²) >= 11 is 0. The first-order valence-electron chi connectivity index (χ1n) is 12.0. The van der Waals surface area contributed by atoms with Crippen LogP contribution in [0.25, 0.3) is 0 Å². The van der Waals surface area contributed by atoms with Crippen molar-refractivity contribution in [2.24, 2.45) is 11.8 Å². The third-order valence-corrected chi connectivity index (χ3v) is 7.25. The van der Waals surface area contributed by atoms with E-state index in [9.17, 15) is 19.5 Å². The number of carbonyl (C=O) groups excluding carboxylic acids is 3. The van der Waals surface area contributed by atoms with Crippen LogP contribution >= 0.6 is 0 Å². The van der Waals surface area contributed by atoms with Crippen LogP contribution in [0.3, 0.4) is 0 Å². The van der Waals surface area contributed by atoms with E-state index in [4.69, 9.17) is 23.7 Å². The van der Waals surface area contributed by atoms with Crippen LogP contribution in [0.1, 0.15) is 47.0 Å². The third kappa shape index (κ3) is 5.37. The minimum absolute atomic E-state index is 0.0106. The molecule has 0 saturated carbocycles. The van der Waals surface area contributed by atoms with E-state index in [2.05, 4.69) is 13.2 Å². The monoisotopic (exact) mass is 492 g/mol. The molecular formula is C26H36O9. The fourth-order valence-corrected chi connectivity index (χ4v) is 4.34. The lowest BCUT2D eigenvalue weighted by Crippen LogP contribution is -2.50. The number of rotatable bonds is 7. The second-order valence-corrected chi connectivity index (χ2v) is 9.72. The number of fused-ring (bicyclic) bond motifs is 1. The fourth-order valence-electron chi connectivity index (χ4n) is 4.34. The largest absolute Gasteiger partial charge is 0.466 e. The van der Waals surface area contributed by atoms with Crippen LogP contribution in [0.2, 0.25) is 0 Å². The second kappa shape index (κ2) is 10.6. The minimum Gasteiger partial charge on any atom is -0.466 e. The number of ether oxygens (including phenoxy) is 5. The molecule has 0 radical (unpaired) electrons. The van der Waals surface area contributed by atoms with Crippen LogP contribution in [0.4, 0.5) is 0 Å². The average Bonchev–Trinajstić information content (AvgIpc) is 3.35. The maximum atomic E-state index is 13.2. The van der Waals surface area contributed by atoms with Gasteiger partial charge in [0.25, 0.3) is 0 Å². The quantitative estimate of drug-likeness (QED) is 0.188. The lowest BCUT2D eigenvalue weighted by Gasteiger charge is -2.36. The molecule has 2 heterocycles. The van der Waals surface area contributed by atoms with E-state index in [-0.39, 0.29) is 29.8 Å². The molecular weight excluding hydrogens is 456 g/mol. The van der Waals surface area contributed by atoms with Crippen LogP contribution in [-0.2, 0) is 38.1 Å². The first-order valence-corrected chi connectivity index (χ1v) is 12.0. The maximum Gasteiger partial charge on any atom is 0.341 e. The van der Waals surface area contributed by atoms with Gasteiger partial charge in [-0.15, -0.1) is 0 Å². The van der Waals surface area contributed by atoms with Crippen molar-refractivity contribution < 1.29 is 43.2 Å². The van der Waals surface area contributed by atoms with Gasteiger partial charge >= 0.3 is 17.9 Å². The zero-order valence-corrected chi connectivity index (χ0v) is 21.1. The molecule has 2 fully saturated rings. The Morgan fingerprint density at radius 3 is 2.57 bits per heavy atom. The molecule has 2 aliphatic heterocycles. The maximum absolute atomic E-state index is 13.2. The van der Waals surface area contributed by atoms with Crippen molar-refractivity contribution in [3.63, 3.8) is 0 Å². The predicted octanol–water partition coefficient (Wildman–Crippen LogP) is 2.42. The van der Waals surface area contributed by atoms with Crippen molar-refractivity contribution in [2.45, 2.75) is 83.1 Å². The standard InChI is InChI=1S/C26H36O9/c1-8-13(2)12-32-20-17(24(29)31-7)11-9-10-14(3)19(27)21-18(15(4)23(28)33-21)22(20)34-25(30)26(6)16(5)35-26/h11,13,16,18-22,27H,3-4,8-10,12H2,1-2,5-7H3. The molecule has 0 spiro atoms. The van der Waals surface area contributed by atoms with E-state index < -0.39 is 53.8 Å². The second-order valence-electron chi connectivity index (χ2n) is 9.72. The van der Waals surface area contributed by atoms with Gasteiger partial charge in [0.1, 0.15) is 24.4 Å². The Labute approximate surface area is 206 Å². The Balaban J connectivity index is 2.14. The summed E-state index contributed by atoms with van der Waals surface area (Å²) in [5.41, 5.74) is -0.595. The highest BCUT2D eigenvalue weighted by atomic mass is 16.7. The van der Waals surface area contributed by atoms with Gasteiger partial charge in [-0.25, -0.2) is 14.4 Å². The molecule has 0 bridgehead atoms. The van der Waals surface area contributed by atoms with Crippen LogP contribution in [0.15, 0.2) is 36.0 Å². The van der Waals surface area contributed by atoms with Gasteiger partial charge in [-0.3, -0.25) is 0 Å². The number of epoxide rings is 1. The van der Waals surface area contributed by atoms with Crippen LogP contribution < -0.4 is 0 Å². The molecule has 3 aliphatic rings. The first-order chi connectivity index (χ1) is 16.5. The van der Waals surface area contributed by atoms with Gasteiger partial charge in [0.2, 0.25) is 0 Å². The number of allylic oxidation sites excluding steroid dienone is 1. The number of hydrogen-bond acceptors (Lipinski definition) is 9. The molecule has 8 atom stereocenters. The summed E-state index contributed by atoms with van der Waals surface area (Å²) in [5, 5.41) is 11.0. The molecule has 9 nitrogen and oxygen atoms in total. The van der Waals surface area contributed by atoms with Crippen molar-refractivity contribution in [3.05, 3.63) is 36.0 Å². The molecule has 0 aromatic rings. The van der Waals surface area contributed by atoms with Gasteiger partial charge in [0, 0.05) is 5.57 Å². The number of methoxy groups -OCH3 is 1. The van der Waals surface area contributed by atoms with E-state index in [0.29, 0.717) is 18.4 Å². The van der Waals surface area contributed by atoms with E-state index in [1.807, 2.05) is 13.8 Å². The topological polar surface area (TPSA) is 121 Å². The third-order valence-electron chi connectivity index (χ3n) is 7.25. The van der Waals surface area contributed by atoms with Gasteiger partial charge in [-0.05, 0) is 38.2 Å². The van der Waals surface area contributed by atoms with Gasteiger partial charge in [0.05, 0.1) is 31.3 Å². The number of hydrogen-bond donors (Lipinski definition) is 1. The molecule has 0 amide bonds. The summed E-state index contributed by atoms with van der Waals surface area (Å²) < 4.78 is 28.2. The van der Waals surface area contributed by atoms with Crippen LogP contribution in [-0.4, -0.2) is 72.9 Å². The molecule has 9 heteroatoms. The smallest absolute Gasteiger partial charge is 0.341 e. The zero-order chi connectivity index (χ0) is 26.1. The van der Waals surface area contributed by atoms with E-state index in [1.165, 1.54) is 7.11 Å². The van der Waals surface area contributed by atoms with Crippen molar-refractivity contribution in [2.75, 3.05) is 13.7 Å². The lowest BCUT2D eigenvalue weighted by atomic mass is 9.80. The van der Waals surface area contributed by atoms with E-state index in [0.717, 1.165) is 6.42 Å². The van der Waals surface area contributed by atoms with Crippen molar-refractivity contribution >= 4 is 17.9 Å². The Morgan fingerprint density at radius 2 is 2.00 bits per heavy atom. The Kier molecular flexibility index (Phi) is 8.24. The molecule has 194 valence electrons. The Hall–Kier alpha value is -2.49. The molecule has 0 aromatic heterocycles. The molecule has 1 aliphatic carbocycles. The minimum atomic E-state index is -1.23. The van der Waals surface area contributed by atoms with Crippen LogP contribution in [0.5, 0.6) is 0 Å². The summed E-state index contributed by atoms with van der Waals surface area (Å²) in [4.78, 5) is 38.7. The lowest BCUT2D eigenvalue weighted by molar-refractivity contribution is -0.171. The number of aliphatic hydroxyl groups excluding tert-OH is 1. The molecule has 3 rings (SSSR count). The number of aliphatic hydroxyl groups is 1. The fraction of sp³-hybridized carbons (Fsp3) is 0.654. The predicted molar refractivity (Wildman–Crippen MR) is 125 cm³/mol.